The SMILES string of the molecule is CC(=O)Nc1ccc(Sc2c3ccccc3c(CO)c3ccccc23)cc1. The van der Waals surface area contributed by atoms with Crippen LogP contribution in [0, 0.1) is 0 Å². The van der Waals surface area contributed by atoms with Crippen molar-refractivity contribution in [2.24, 2.45) is 0 Å². The molecule has 4 rings (SSSR count). The Balaban J connectivity index is 1.86. The minimum absolute atomic E-state index is 0.0113. The summed E-state index contributed by atoms with van der Waals surface area (Å²) < 4.78 is 0. The average Bonchev–Trinajstić information content (AvgIpc) is 2.69. The standard InChI is InChI=1S/C23H19NO2S/c1-15(26)24-16-10-12-17(13-11-16)27-23-20-8-4-2-6-18(20)22(14-25)19-7-3-5-9-21(19)23/h2-13,25H,14H2,1H3,(H,24,26). The second-order valence-corrected chi connectivity index (χ2v) is 7.45. The first-order valence-corrected chi connectivity index (χ1v) is 9.57. The molecule has 134 valence electrons. The number of rotatable bonds is 4. The van der Waals surface area contributed by atoms with Gasteiger partial charge in [-0.2, -0.15) is 0 Å². The highest BCUT2D eigenvalue weighted by molar-refractivity contribution is 7.99. The Hall–Kier alpha value is -2.82. The van der Waals surface area contributed by atoms with Crippen LogP contribution >= 0.6 is 11.8 Å². The normalized spacial score (nSPS) is 11.0. The van der Waals surface area contributed by atoms with Gasteiger partial charge < -0.3 is 10.4 Å². The number of nitrogens with one attached hydrogen (secondary N) is 1. The highest BCUT2D eigenvalue weighted by Crippen LogP contribution is 2.41. The van der Waals surface area contributed by atoms with Gasteiger partial charge in [-0.15, -0.1) is 0 Å². The van der Waals surface area contributed by atoms with Gasteiger partial charge in [0.05, 0.1) is 6.61 Å². The van der Waals surface area contributed by atoms with Gasteiger partial charge in [-0.25, -0.2) is 0 Å². The van der Waals surface area contributed by atoms with Crippen LogP contribution in [0.5, 0.6) is 0 Å². The topological polar surface area (TPSA) is 49.3 Å². The van der Waals surface area contributed by atoms with Crippen LogP contribution in [0.1, 0.15) is 12.5 Å². The summed E-state index contributed by atoms with van der Waals surface area (Å²) in [7, 11) is 0. The Labute approximate surface area is 162 Å². The van der Waals surface area contributed by atoms with Crippen molar-refractivity contribution in [3.63, 3.8) is 0 Å². The van der Waals surface area contributed by atoms with E-state index in [1.165, 1.54) is 11.8 Å². The first kappa shape index (κ1) is 17.6. The molecule has 0 atom stereocenters. The zero-order valence-electron chi connectivity index (χ0n) is 14.9. The van der Waals surface area contributed by atoms with E-state index in [-0.39, 0.29) is 12.5 Å². The molecule has 0 aliphatic heterocycles. The maximum Gasteiger partial charge on any atom is 0.221 e. The van der Waals surface area contributed by atoms with E-state index in [0.717, 1.165) is 37.7 Å². The third-order valence-electron chi connectivity index (χ3n) is 4.55. The van der Waals surface area contributed by atoms with Crippen LogP contribution in [0.4, 0.5) is 5.69 Å². The zero-order valence-corrected chi connectivity index (χ0v) is 15.7. The largest absolute Gasteiger partial charge is 0.392 e. The van der Waals surface area contributed by atoms with Crippen molar-refractivity contribution >= 4 is 44.9 Å². The number of hydrogen-bond donors (Lipinski definition) is 2. The quantitative estimate of drug-likeness (QED) is 0.458. The lowest BCUT2D eigenvalue weighted by atomic mass is 9.97. The lowest BCUT2D eigenvalue weighted by Crippen LogP contribution is -2.05. The predicted octanol–water partition coefficient (Wildman–Crippen LogP) is 5.59. The first-order chi connectivity index (χ1) is 13.2. The van der Waals surface area contributed by atoms with Crippen LogP contribution in [0.2, 0.25) is 0 Å². The van der Waals surface area contributed by atoms with Gasteiger partial charge in [-0.3, -0.25) is 4.79 Å². The number of aliphatic hydroxyl groups excluding tert-OH is 1. The first-order valence-electron chi connectivity index (χ1n) is 8.76. The van der Waals surface area contributed by atoms with Crippen LogP contribution < -0.4 is 5.32 Å². The minimum atomic E-state index is -0.0769. The predicted molar refractivity (Wildman–Crippen MR) is 112 cm³/mol. The summed E-state index contributed by atoms with van der Waals surface area (Å²) in [5, 5.41) is 17.2. The molecule has 0 spiro atoms. The van der Waals surface area contributed by atoms with Gasteiger partial charge in [0, 0.05) is 22.4 Å². The van der Waals surface area contributed by atoms with Crippen molar-refractivity contribution in [2.75, 3.05) is 5.32 Å². The summed E-state index contributed by atoms with van der Waals surface area (Å²) in [5.74, 6) is -0.0769. The molecule has 0 saturated heterocycles. The Kier molecular flexibility index (Phi) is 4.84. The Morgan fingerprint density at radius 3 is 1.85 bits per heavy atom. The molecule has 0 saturated carbocycles. The highest BCUT2D eigenvalue weighted by Gasteiger charge is 2.14. The Morgan fingerprint density at radius 2 is 1.37 bits per heavy atom. The van der Waals surface area contributed by atoms with Crippen LogP contribution in [0.15, 0.2) is 82.6 Å². The average molecular weight is 373 g/mol. The summed E-state index contributed by atoms with van der Waals surface area (Å²) in [6.07, 6.45) is 0. The van der Waals surface area contributed by atoms with E-state index < -0.39 is 0 Å². The summed E-state index contributed by atoms with van der Waals surface area (Å²) in [6, 6.07) is 24.3. The molecule has 4 aromatic rings. The molecule has 0 bridgehead atoms. The molecule has 3 nitrogen and oxygen atoms in total. The molecule has 0 aliphatic rings. The number of aliphatic hydroxyl groups is 1. The van der Waals surface area contributed by atoms with Crippen molar-refractivity contribution < 1.29 is 9.90 Å². The Morgan fingerprint density at radius 1 is 0.852 bits per heavy atom. The van der Waals surface area contributed by atoms with Crippen molar-refractivity contribution in [2.45, 2.75) is 23.3 Å². The van der Waals surface area contributed by atoms with Crippen molar-refractivity contribution in [1.82, 2.24) is 0 Å². The van der Waals surface area contributed by atoms with Gasteiger partial charge in [-0.1, -0.05) is 60.3 Å². The fraction of sp³-hybridized carbons (Fsp3) is 0.0870. The number of hydrogen-bond acceptors (Lipinski definition) is 3. The third kappa shape index (κ3) is 3.42. The molecule has 0 aromatic heterocycles. The maximum atomic E-state index is 11.2. The highest BCUT2D eigenvalue weighted by atomic mass is 32.2. The van der Waals surface area contributed by atoms with Gasteiger partial charge >= 0.3 is 0 Å². The van der Waals surface area contributed by atoms with Crippen LogP contribution in [0.3, 0.4) is 0 Å². The molecule has 0 fully saturated rings. The number of benzene rings is 4. The van der Waals surface area contributed by atoms with Gasteiger partial charge in [0.15, 0.2) is 0 Å². The lowest BCUT2D eigenvalue weighted by molar-refractivity contribution is -0.114. The molecular formula is C23H19NO2S. The minimum Gasteiger partial charge on any atom is -0.392 e. The summed E-state index contributed by atoms with van der Waals surface area (Å²) in [6.45, 7) is 1.51. The molecule has 4 heteroatoms. The smallest absolute Gasteiger partial charge is 0.221 e. The van der Waals surface area contributed by atoms with E-state index in [9.17, 15) is 9.90 Å². The van der Waals surface area contributed by atoms with E-state index in [0.29, 0.717) is 0 Å². The fourth-order valence-corrected chi connectivity index (χ4v) is 4.47. The molecule has 1 amide bonds. The number of anilines is 1. The monoisotopic (exact) mass is 373 g/mol. The third-order valence-corrected chi connectivity index (χ3v) is 5.70. The molecule has 27 heavy (non-hydrogen) atoms. The van der Waals surface area contributed by atoms with Crippen LogP contribution in [-0.4, -0.2) is 11.0 Å². The molecular weight excluding hydrogens is 354 g/mol. The molecule has 2 N–H and O–H groups in total. The van der Waals surface area contributed by atoms with Crippen molar-refractivity contribution in [1.29, 1.82) is 0 Å². The zero-order chi connectivity index (χ0) is 18.8. The Bertz CT molecular complexity index is 1080. The van der Waals surface area contributed by atoms with E-state index in [4.69, 9.17) is 0 Å². The molecule has 0 radical (unpaired) electrons. The van der Waals surface area contributed by atoms with E-state index in [1.54, 1.807) is 11.8 Å². The van der Waals surface area contributed by atoms with E-state index in [2.05, 4.69) is 29.6 Å². The second kappa shape index (κ2) is 7.43. The number of carbonyl (C=O) groups is 1. The maximum absolute atomic E-state index is 11.2. The number of amides is 1. The molecule has 4 aromatic carbocycles. The van der Waals surface area contributed by atoms with E-state index >= 15 is 0 Å². The van der Waals surface area contributed by atoms with Gasteiger partial charge in [0.25, 0.3) is 0 Å². The van der Waals surface area contributed by atoms with E-state index in [1.807, 2.05) is 48.5 Å². The van der Waals surface area contributed by atoms with Crippen molar-refractivity contribution in [3.05, 3.63) is 78.4 Å². The lowest BCUT2D eigenvalue weighted by Gasteiger charge is -2.15. The number of fused-ring (bicyclic) bond motifs is 2. The van der Waals surface area contributed by atoms with Crippen LogP contribution in [-0.2, 0) is 11.4 Å². The van der Waals surface area contributed by atoms with Gasteiger partial charge in [0.1, 0.15) is 0 Å². The summed E-state index contributed by atoms with van der Waals surface area (Å²) >= 11 is 1.70. The van der Waals surface area contributed by atoms with Crippen LogP contribution in [0.25, 0.3) is 21.5 Å². The molecule has 0 aliphatic carbocycles. The summed E-state index contributed by atoms with van der Waals surface area (Å²) in [5.41, 5.74) is 1.75. The molecule has 0 heterocycles. The fourth-order valence-electron chi connectivity index (χ4n) is 3.39. The second-order valence-electron chi connectivity index (χ2n) is 6.36. The summed E-state index contributed by atoms with van der Waals surface area (Å²) in [4.78, 5) is 13.5. The van der Waals surface area contributed by atoms with Gasteiger partial charge in [-0.05, 0) is 51.4 Å². The number of carbonyl (C=O) groups excluding carboxylic acids is 1. The van der Waals surface area contributed by atoms with Crippen molar-refractivity contribution in [3.8, 4) is 0 Å². The van der Waals surface area contributed by atoms with Gasteiger partial charge in [0.2, 0.25) is 5.91 Å². The molecule has 0 unspecified atom stereocenters.